The minimum absolute atomic E-state index is 0.0653. The summed E-state index contributed by atoms with van der Waals surface area (Å²) >= 11 is 0. The van der Waals surface area contributed by atoms with Gasteiger partial charge in [0.2, 0.25) is 18.6 Å². The molecular weight excluding hydrogens is 462 g/mol. The molecule has 0 radical (unpaired) electrons. The number of fused-ring (bicyclic) bond motifs is 5. The number of carbonyl (C=O) groups excluding carboxylic acids is 3. The molecule has 9 heteroatoms. The van der Waals surface area contributed by atoms with Crippen molar-refractivity contribution in [1.29, 1.82) is 0 Å². The number of carbonyl (C=O) groups is 3. The summed E-state index contributed by atoms with van der Waals surface area (Å²) in [6, 6.07) is 9.38. The summed E-state index contributed by atoms with van der Waals surface area (Å²) in [6.07, 6.45) is 2.54. The summed E-state index contributed by atoms with van der Waals surface area (Å²) in [7, 11) is 0. The number of ether oxygens (including phenoxy) is 3. The highest BCUT2D eigenvalue weighted by molar-refractivity contribution is 6.05. The smallest absolute Gasteiger partial charge is 0.255 e. The summed E-state index contributed by atoms with van der Waals surface area (Å²) in [6.45, 7) is 3.91. The molecule has 5 heterocycles. The number of imide groups is 1. The molecule has 186 valence electrons. The van der Waals surface area contributed by atoms with Gasteiger partial charge in [0.15, 0.2) is 11.5 Å². The summed E-state index contributed by atoms with van der Waals surface area (Å²) in [5, 5.41) is 2.37. The average Bonchev–Trinajstić information content (AvgIpc) is 3.58. The van der Waals surface area contributed by atoms with Crippen LogP contribution in [0.3, 0.4) is 0 Å². The van der Waals surface area contributed by atoms with Gasteiger partial charge in [-0.25, -0.2) is 0 Å². The third-order valence-corrected chi connectivity index (χ3v) is 8.42. The number of hydrogen-bond donors (Lipinski definition) is 1. The maximum absolute atomic E-state index is 13.2. The van der Waals surface area contributed by atoms with Crippen LogP contribution in [0.4, 0.5) is 0 Å². The number of nitrogens with one attached hydrogen (secondary N) is 1. The van der Waals surface area contributed by atoms with E-state index in [-0.39, 0.29) is 30.4 Å². The Morgan fingerprint density at radius 2 is 1.86 bits per heavy atom. The lowest BCUT2D eigenvalue weighted by Gasteiger charge is -2.38. The van der Waals surface area contributed by atoms with Crippen LogP contribution in [0.5, 0.6) is 17.2 Å². The predicted octanol–water partition coefficient (Wildman–Crippen LogP) is 2.10. The first kappa shape index (κ1) is 21.7. The summed E-state index contributed by atoms with van der Waals surface area (Å²) in [5.41, 5.74) is 3.74. The van der Waals surface area contributed by atoms with Gasteiger partial charge in [0.1, 0.15) is 11.8 Å². The van der Waals surface area contributed by atoms with Crippen LogP contribution >= 0.6 is 0 Å². The monoisotopic (exact) mass is 489 g/mol. The minimum atomic E-state index is -0.620. The lowest BCUT2D eigenvalue weighted by molar-refractivity contribution is -0.136. The van der Waals surface area contributed by atoms with Gasteiger partial charge in [-0.2, -0.15) is 0 Å². The quantitative estimate of drug-likeness (QED) is 0.660. The molecule has 0 bridgehead atoms. The minimum Gasteiger partial charge on any atom is -0.492 e. The molecule has 9 nitrogen and oxygen atoms in total. The molecule has 2 fully saturated rings. The molecule has 1 unspecified atom stereocenters. The Bertz CT molecular complexity index is 1300. The van der Waals surface area contributed by atoms with Gasteiger partial charge in [-0.1, -0.05) is 18.2 Å². The molecule has 0 aliphatic carbocycles. The van der Waals surface area contributed by atoms with E-state index in [4.69, 9.17) is 14.2 Å². The van der Waals surface area contributed by atoms with Crippen molar-refractivity contribution in [2.24, 2.45) is 0 Å². The van der Waals surface area contributed by atoms with Gasteiger partial charge in [0.05, 0.1) is 13.2 Å². The Labute approximate surface area is 208 Å². The third kappa shape index (κ3) is 3.22. The Hall–Kier alpha value is -3.59. The van der Waals surface area contributed by atoms with E-state index in [9.17, 15) is 14.4 Å². The number of amides is 3. The van der Waals surface area contributed by atoms with E-state index >= 15 is 0 Å². The summed E-state index contributed by atoms with van der Waals surface area (Å²) in [4.78, 5) is 41.2. The summed E-state index contributed by atoms with van der Waals surface area (Å²) in [5.74, 6) is 1.64. The zero-order valence-corrected chi connectivity index (χ0v) is 19.9. The van der Waals surface area contributed by atoms with Crippen molar-refractivity contribution in [3.63, 3.8) is 0 Å². The second kappa shape index (κ2) is 7.96. The maximum Gasteiger partial charge on any atom is 0.255 e. The van der Waals surface area contributed by atoms with Gasteiger partial charge in [0.25, 0.3) is 5.91 Å². The topological polar surface area (TPSA) is 97.4 Å². The Morgan fingerprint density at radius 1 is 1.00 bits per heavy atom. The largest absolute Gasteiger partial charge is 0.492 e. The van der Waals surface area contributed by atoms with E-state index in [1.165, 1.54) is 5.56 Å². The van der Waals surface area contributed by atoms with Crippen LogP contribution in [-0.2, 0) is 28.1 Å². The lowest BCUT2D eigenvalue weighted by Crippen LogP contribution is -2.52. The predicted molar refractivity (Wildman–Crippen MR) is 127 cm³/mol. The SMILES string of the molecule is O=C1CCC(N2Cc3c(ccc4c3OCC43CCN(Cc4cccc5c4OCO5)CC3)C2=O)C(=O)N1. The van der Waals surface area contributed by atoms with E-state index in [0.29, 0.717) is 25.1 Å². The first-order valence-electron chi connectivity index (χ1n) is 12.6. The van der Waals surface area contributed by atoms with Crippen molar-refractivity contribution in [2.45, 2.75) is 50.2 Å². The first-order valence-corrected chi connectivity index (χ1v) is 12.6. The van der Waals surface area contributed by atoms with Gasteiger partial charge < -0.3 is 19.1 Å². The zero-order chi connectivity index (χ0) is 24.4. The van der Waals surface area contributed by atoms with Crippen LogP contribution in [0.1, 0.15) is 52.7 Å². The number of para-hydroxylation sites is 1. The van der Waals surface area contributed by atoms with Crippen LogP contribution in [0, 0.1) is 0 Å². The molecule has 2 saturated heterocycles. The normalized spacial score (nSPS) is 24.1. The van der Waals surface area contributed by atoms with Gasteiger partial charge in [0, 0.05) is 40.6 Å². The van der Waals surface area contributed by atoms with Gasteiger partial charge in [-0.3, -0.25) is 24.6 Å². The number of piperidine rings is 2. The molecule has 1 atom stereocenters. The molecule has 2 aromatic rings. The van der Waals surface area contributed by atoms with Crippen molar-refractivity contribution < 1.29 is 28.6 Å². The van der Waals surface area contributed by atoms with E-state index in [1.54, 1.807) is 4.90 Å². The molecule has 2 aromatic carbocycles. The van der Waals surface area contributed by atoms with Crippen LogP contribution in [0.2, 0.25) is 0 Å². The van der Waals surface area contributed by atoms with E-state index in [1.807, 2.05) is 18.2 Å². The molecule has 0 saturated carbocycles. The van der Waals surface area contributed by atoms with Crippen LogP contribution in [0.25, 0.3) is 0 Å². The van der Waals surface area contributed by atoms with Crippen molar-refractivity contribution in [3.8, 4) is 17.2 Å². The molecule has 7 rings (SSSR count). The Kier molecular flexibility index (Phi) is 4.79. The number of rotatable bonds is 3. The third-order valence-electron chi connectivity index (χ3n) is 8.42. The van der Waals surface area contributed by atoms with Crippen molar-refractivity contribution >= 4 is 17.7 Å². The first-order chi connectivity index (χ1) is 17.5. The van der Waals surface area contributed by atoms with Gasteiger partial charge in [-0.15, -0.1) is 0 Å². The van der Waals surface area contributed by atoms with Crippen LogP contribution in [-0.4, -0.2) is 60.1 Å². The fourth-order valence-corrected chi connectivity index (χ4v) is 6.39. The molecular formula is C27H27N3O6. The number of hydrogen-bond acceptors (Lipinski definition) is 7. The maximum atomic E-state index is 13.2. The van der Waals surface area contributed by atoms with Crippen molar-refractivity contribution in [3.05, 3.63) is 52.6 Å². The number of likely N-dealkylation sites (tertiary alicyclic amines) is 1. The standard InChI is InChI=1S/C27H27N3O6/c31-22-7-6-20(25(32)28-22)30-13-18-17(26(30)33)4-5-19-24(18)34-14-27(19)8-10-29(11-9-27)12-16-2-1-3-21-23(16)36-15-35-21/h1-5,20H,6-15H2,(H,28,31,32). The molecule has 5 aliphatic rings. The molecule has 36 heavy (non-hydrogen) atoms. The van der Waals surface area contributed by atoms with E-state index in [0.717, 1.165) is 60.9 Å². The Morgan fingerprint density at radius 3 is 2.69 bits per heavy atom. The van der Waals surface area contributed by atoms with Gasteiger partial charge >= 0.3 is 0 Å². The molecule has 0 aromatic heterocycles. The fourth-order valence-electron chi connectivity index (χ4n) is 6.39. The van der Waals surface area contributed by atoms with Crippen LogP contribution < -0.4 is 19.5 Å². The molecule has 5 aliphatic heterocycles. The molecule has 1 spiro atoms. The summed E-state index contributed by atoms with van der Waals surface area (Å²) < 4.78 is 17.5. The Balaban J connectivity index is 1.09. The van der Waals surface area contributed by atoms with Crippen molar-refractivity contribution in [2.75, 3.05) is 26.5 Å². The van der Waals surface area contributed by atoms with E-state index in [2.05, 4.69) is 22.3 Å². The second-order valence-corrected chi connectivity index (χ2v) is 10.4. The zero-order valence-electron chi connectivity index (χ0n) is 19.9. The van der Waals surface area contributed by atoms with E-state index < -0.39 is 11.9 Å². The number of nitrogens with zero attached hydrogens (tertiary/aromatic N) is 2. The number of benzene rings is 2. The highest BCUT2D eigenvalue weighted by Crippen LogP contribution is 2.50. The second-order valence-electron chi connectivity index (χ2n) is 10.4. The van der Waals surface area contributed by atoms with Gasteiger partial charge in [-0.05, 0) is 44.5 Å². The van der Waals surface area contributed by atoms with Crippen molar-refractivity contribution in [1.82, 2.24) is 15.1 Å². The molecule has 1 N–H and O–H groups in total. The van der Waals surface area contributed by atoms with Crippen LogP contribution in [0.15, 0.2) is 30.3 Å². The average molecular weight is 490 g/mol. The lowest BCUT2D eigenvalue weighted by atomic mass is 9.74. The highest BCUT2D eigenvalue weighted by Gasteiger charge is 2.47. The molecule has 3 amide bonds. The highest BCUT2D eigenvalue weighted by atomic mass is 16.7. The fraction of sp³-hybridized carbons (Fsp3) is 0.444.